The van der Waals surface area contributed by atoms with Crippen molar-refractivity contribution >= 4 is 22.8 Å². The van der Waals surface area contributed by atoms with Gasteiger partial charge in [0.05, 0.1) is 23.1 Å². The van der Waals surface area contributed by atoms with E-state index in [-0.39, 0.29) is 12.1 Å². The highest BCUT2D eigenvalue weighted by atomic mass is 16.2. The Labute approximate surface area is 134 Å². The second-order valence-electron chi connectivity index (χ2n) is 5.80. The summed E-state index contributed by atoms with van der Waals surface area (Å²) in [5.74, 6) is 0. The first-order valence-electron chi connectivity index (χ1n) is 7.51. The average molecular weight is 312 g/mol. The number of amides is 2. The Morgan fingerprint density at radius 2 is 2.22 bits per heavy atom. The van der Waals surface area contributed by atoms with Gasteiger partial charge in [-0.2, -0.15) is 5.10 Å². The number of carbonyl (C=O) groups is 1. The molecule has 2 amide bonds. The number of urea groups is 1. The topological polar surface area (TPSA) is 87.6 Å². The van der Waals surface area contributed by atoms with E-state index in [0.29, 0.717) is 6.42 Å². The van der Waals surface area contributed by atoms with Gasteiger partial charge in [0.15, 0.2) is 0 Å². The van der Waals surface area contributed by atoms with Crippen LogP contribution < -0.4 is 10.6 Å². The second-order valence-corrected chi connectivity index (χ2v) is 5.80. The van der Waals surface area contributed by atoms with Crippen LogP contribution >= 0.6 is 0 Å². The van der Waals surface area contributed by atoms with Crippen molar-refractivity contribution in [3.63, 3.8) is 0 Å². The summed E-state index contributed by atoms with van der Waals surface area (Å²) in [5.41, 5.74) is 4.55. The predicted octanol–water partition coefficient (Wildman–Crippen LogP) is 2.36. The third-order valence-corrected chi connectivity index (χ3v) is 3.64. The van der Waals surface area contributed by atoms with Crippen molar-refractivity contribution in [2.45, 2.75) is 26.3 Å². The standard InChI is InChI=1S/C16H20N6O/c1-10(6-13-7-11(2)20-21-13)18-16(23)19-12-4-5-15-14(8-12)17-9-22(15)3/h4-5,7-10H,6H2,1-3H3,(H,20,21)(H2,18,19,23)/t10-/m1/s1. The van der Waals surface area contributed by atoms with Crippen molar-refractivity contribution in [1.82, 2.24) is 25.1 Å². The van der Waals surface area contributed by atoms with Crippen LogP contribution in [0.1, 0.15) is 18.3 Å². The molecule has 120 valence electrons. The van der Waals surface area contributed by atoms with E-state index in [0.717, 1.165) is 28.1 Å². The second kappa shape index (κ2) is 6.12. The number of aromatic nitrogens is 4. The van der Waals surface area contributed by atoms with E-state index < -0.39 is 0 Å². The number of aromatic amines is 1. The van der Waals surface area contributed by atoms with E-state index in [1.54, 1.807) is 6.33 Å². The molecule has 0 saturated heterocycles. The minimum atomic E-state index is -0.236. The lowest BCUT2D eigenvalue weighted by Crippen LogP contribution is -2.37. The first kappa shape index (κ1) is 15.1. The van der Waals surface area contributed by atoms with Crippen LogP contribution in [-0.4, -0.2) is 31.8 Å². The Balaban J connectivity index is 1.59. The van der Waals surface area contributed by atoms with E-state index in [2.05, 4.69) is 25.8 Å². The van der Waals surface area contributed by atoms with E-state index >= 15 is 0 Å². The van der Waals surface area contributed by atoms with Crippen LogP contribution in [0.4, 0.5) is 10.5 Å². The number of imidazole rings is 1. The van der Waals surface area contributed by atoms with Gasteiger partial charge in [0.2, 0.25) is 0 Å². The fraction of sp³-hybridized carbons (Fsp3) is 0.312. The van der Waals surface area contributed by atoms with Gasteiger partial charge in [0.1, 0.15) is 0 Å². The Kier molecular flexibility index (Phi) is 4.01. The van der Waals surface area contributed by atoms with Crippen molar-refractivity contribution in [1.29, 1.82) is 0 Å². The van der Waals surface area contributed by atoms with Crippen LogP contribution in [0.25, 0.3) is 11.0 Å². The molecule has 23 heavy (non-hydrogen) atoms. The van der Waals surface area contributed by atoms with Crippen LogP contribution in [0.2, 0.25) is 0 Å². The molecular weight excluding hydrogens is 292 g/mol. The van der Waals surface area contributed by atoms with Crippen LogP contribution in [0.15, 0.2) is 30.6 Å². The summed E-state index contributed by atoms with van der Waals surface area (Å²) in [5, 5.41) is 12.8. The van der Waals surface area contributed by atoms with Gasteiger partial charge in [-0.25, -0.2) is 9.78 Å². The van der Waals surface area contributed by atoms with Gasteiger partial charge in [-0.05, 0) is 38.1 Å². The smallest absolute Gasteiger partial charge is 0.319 e. The highest BCUT2D eigenvalue weighted by Gasteiger charge is 2.10. The number of nitrogens with one attached hydrogen (secondary N) is 3. The molecule has 0 bridgehead atoms. The van der Waals surface area contributed by atoms with E-state index in [1.807, 2.05) is 49.7 Å². The van der Waals surface area contributed by atoms with E-state index in [1.165, 1.54) is 0 Å². The predicted molar refractivity (Wildman–Crippen MR) is 89.4 cm³/mol. The molecule has 3 rings (SSSR count). The van der Waals surface area contributed by atoms with Crippen molar-refractivity contribution in [2.75, 3.05) is 5.32 Å². The van der Waals surface area contributed by atoms with Gasteiger partial charge in [0, 0.05) is 30.9 Å². The molecule has 2 aromatic heterocycles. The SMILES string of the molecule is Cc1cc(C[C@@H](C)NC(=O)Nc2ccc3c(c2)ncn3C)n[nH]1. The molecule has 1 atom stereocenters. The van der Waals surface area contributed by atoms with Crippen molar-refractivity contribution < 1.29 is 4.79 Å². The molecule has 0 aliphatic heterocycles. The van der Waals surface area contributed by atoms with Crippen LogP contribution in [0, 0.1) is 6.92 Å². The highest BCUT2D eigenvalue weighted by Crippen LogP contribution is 2.17. The summed E-state index contributed by atoms with van der Waals surface area (Å²) < 4.78 is 1.94. The number of fused-ring (bicyclic) bond motifs is 1. The van der Waals surface area contributed by atoms with Gasteiger partial charge in [-0.3, -0.25) is 5.10 Å². The van der Waals surface area contributed by atoms with E-state index in [9.17, 15) is 4.79 Å². The summed E-state index contributed by atoms with van der Waals surface area (Å²) in [6.07, 6.45) is 2.43. The largest absolute Gasteiger partial charge is 0.335 e. The first-order chi connectivity index (χ1) is 11.0. The lowest BCUT2D eigenvalue weighted by atomic mass is 10.2. The van der Waals surface area contributed by atoms with Crippen LogP contribution in [-0.2, 0) is 13.5 Å². The first-order valence-corrected chi connectivity index (χ1v) is 7.51. The average Bonchev–Trinajstić information content (AvgIpc) is 3.05. The molecule has 0 radical (unpaired) electrons. The molecule has 3 aromatic rings. The molecule has 0 saturated carbocycles. The fourth-order valence-electron chi connectivity index (χ4n) is 2.55. The number of carbonyl (C=O) groups excluding carboxylic acids is 1. The minimum absolute atomic E-state index is 0.0173. The van der Waals surface area contributed by atoms with Crippen LogP contribution in [0.3, 0.4) is 0 Å². The highest BCUT2D eigenvalue weighted by molar-refractivity contribution is 5.92. The summed E-state index contributed by atoms with van der Waals surface area (Å²) >= 11 is 0. The van der Waals surface area contributed by atoms with Crippen molar-refractivity contribution in [3.05, 3.63) is 42.0 Å². The number of aryl methyl sites for hydroxylation is 2. The number of rotatable bonds is 4. The summed E-state index contributed by atoms with van der Waals surface area (Å²) in [6.45, 7) is 3.90. The zero-order chi connectivity index (χ0) is 16.4. The number of benzene rings is 1. The monoisotopic (exact) mass is 312 g/mol. The zero-order valence-electron chi connectivity index (χ0n) is 13.4. The Hall–Kier alpha value is -2.83. The molecule has 7 nitrogen and oxygen atoms in total. The lowest BCUT2D eigenvalue weighted by molar-refractivity contribution is 0.249. The van der Waals surface area contributed by atoms with E-state index in [4.69, 9.17) is 0 Å². The quantitative estimate of drug-likeness (QED) is 0.691. The van der Waals surface area contributed by atoms with Gasteiger partial charge in [-0.1, -0.05) is 0 Å². The van der Waals surface area contributed by atoms with Gasteiger partial charge < -0.3 is 15.2 Å². The van der Waals surface area contributed by atoms with Gasteiger partial charge >= 0.3 is 6.03 Å². The third kappa shape index (κ3) is 3.50. The molecular formula is C16H20N6O. The molecule has 1 aromatic carbocycles. The Morgan fingerprint density at radius 3 is 2.96 bits per heavy atom. The summed E-state index contributed by atoms with van der Waals surface area (Å²) in [7, 11) is 1.94. The molecule has 0 spiro atoms. The number of hydrogen-bond donors (Lipinski definition) is 3. The normalized spacial score (nSPS) is 12.3. The molecule has 0 unspecified atom stereocenters. The van der Waals surface area contributed by atoms with Gasteiger partial charge in [-0.15, -0.1) is 0 Å². The van der Waals surface area contributed by atoms with Crippen molar-refractivity contribution in [2.24, 2.45) is 7.05 Å². The fourth-order valence-corrected chi connectivity index (χ4v) is 2.55. The minimum Gasteiger partial charge on any atom is -0.335 e. The maximum Gasteiger partial charge on any atom is 0.319 e. The molecule has 0 fully saturated rings. The van der Waals surface area contributed by atoms with Crippen LogP contribution in [0.5, 0.6) is 0 Å². The molecule has 2 heterocycles. The van der Waals surface area contributed by atoms with Crippen molar-refractivity contribution in [3.8, 4) is 0 Å². The summed E-state index contributed by atoms with van der Waals surface area (Å²) in [6, 6.07) is 7.39. The molecule has 0 aliphatic rings. The number of nitrogens with zero attached hydrogens (tertiary/aromatic N) is 3. The zero-order valence-corrected chi connectivity index (χ0v) is 13.4. The maximum atomic E-state index is 12.1. The number of hydrogen-bond acceptors (Lipinski definition) is 3. The number of anilines is 1. The Morgan fingerprint density at radius 1 is 1.39 bits per heavy atom. The molecule has 7 heteroatoms. The molecule has 3 N–H and O–H groups in total. The summed E-state index contributed by atoms with van der Waals surface area (Å²) in [4.78, 5) is 16.4. The van der Waals surface area contributed by atoms with Gasteiger partial charge in [0.25, 0.3) is 0 Å². The molecule has 0 aliphatic carbocycles. The number of H-pyrrole nitrogens is 1. The third-order valence-electron chi connectivity index (χ3n) is 3.64. The Bertz CT molecular complexity index is 834. The maximum absolute atomic E-state index is 12.1. The lowest BCUT2D eigenvalue weighted by Gasteiger charge is -2.13.